The highest BCUT2D eigenvalue weighted by molar-refractivity contribution is 5.35. The molecule has 1 aromatic rings. The van der Waals surface area contributed by atoms with Gasteiger partial charge in [-0.25, -0.2) is 4.68 Å². The van der Waals surface area contributed by atoms with Crippen molar-refractivity contribution >= 4 is 5.82 Å². The Hall–Kier alpha value is -1.03. The molecule has 2 N–H and O–H groups in total. The topological polar surface area (TPSA) is 53.1 Å². The largest absolute Gasteiger partial charge is 0.382 e. The Morgan fingerprint density at radius 1 is 1.50 bits per heavy atom. The first kappa shape index (κ1) is 11.0. The van der Waals surface area contributed by atoms with Crippen molar-refractivity contribution in [3.63, 3.8) is 0 Å². The maximum atomic E-state index is 5.64. The van der Waals surface area contributed by atoms with E-state index in [9.17, 15) is 0 Å². The lowest BCUT2D eigenvalue weighted by Gasteiger charge is -2.13. The Kier molecular flexibility index (Phi) is 3.95. The van der Waals surface area contributed by atoms with Crippen LogP contribution in [0.1, 0.15) is 32.3 Å². The van der Waals surface area contributed by atoms with Gasteiger partial charge in [-0.2, -0.15) is 5.10 Å². The van der Waals surface area contributed by atoms with Crippen molar-refractivity contribution in [2.45, 2.75) is 46.4 Å². The van der Waals surface area contributed by atoms with Gasteiger partial charge in [0.2, 0.25) is 0 Å². The van der Waals surface area contributed by atoms with E-state index in [2.05, 4.69) is 18.9 Å². The van der Waals surface area contributed by atoms with Crippen LogP contribution in [0.3, 0.4) is 0 Å². The molecular weight excluding hydrogens is 178 g/mol. The minimum absolute atomic E-state index is 0.320. The third kappa shape index (κ3) is 2.73. The van der Waals surface area contributed by atoms with Gasteiger partial charge in [0, 0.05) is 11.8 Å². The van der Waals surface area contributed by atoms with Gasteiger partial charge in [0.15, 0.2) is 0 Å². The Labute approximate surface area is 85.0 Å². The summed E-state index contributed by atoms with van der Waals surface area (Å²) in [7, 11) is 0. The van der Waals surface area contributed by atoms with Crippen molar-refractivity contribution in [2.75, 3.05) is 5.73 Å². The summed E-state index contributed by atoms with van der Waals surface area (Å²) < 4.78 is 7.38. The van der Waals surface area contributed by atoms with E-state index in [1.54, 1.807) is 4.68 Å². The molecule has 0 aliphatic rings. The van der Waals surface area contributed by atoms with Crippen LogP contribution in [0, 0.1) is 6.92 Å². The summed E-state index contributed by atoms with van der Waals surface area (Å²) in [5.41, 5.74) is 6.62. The third-order valence-corrected chi connectivity index (χ3v) is 2.34. The standard InChI is InChI=1S/C10H19N3O/c1-4-9(5-2)14-7-13-6-8(3)10(11)12-13/h6,9H,4-5,7H2,1-3H3,(H2,11,12). The van der Waals surface area contributed by atoms with Gasteiger partial charge < -0.3 is 10.5 Å². The van der Waals surface area contributed by atoms with Crippen LogP contribution in [-0.2, 0) is 11.5 Å². The normalized spacial score (nSPS) is 11.1. The van der Waals surface area contributed by atoms with Gasteiger partial charge in [0.25, 0.3) is 0 Å². The maximum Gasteiger partial charge on any atom is 0.148 e. The average Bonchev–Trinajstić information content (AvgIpc) is 2.48. The molecule has 0 radical (unpaired) electrons. The lowest BCUT2D eigenvalue weighted by Crippen LogP contribution is -2.14. The molecule has 4 heteroatoms. The van der Waals surface area contributed by atoms with Crippen LogP contribution >= 0.6 is 0 Å². The molecule has 0 spiro atoms. The highest BCUT2D eigenvalue weighted by Crippen LogP contribution is 2.08. The predicted molar refractivity (Wildman–Crippen MR) is 56.8 cm³/mol. The fourth-order valence-corrected chi connectivity index (χ4v) is 1.31. The summed E-state index contributed by atoms with van der Waals surface area (Å²) in [5, 5.41) is 4.12. The molecule has 1 rings (SSSR count). The first-order chi connectivity index (χ1) is 6.67. The van der Waals surface area contributed by atoms with Crippen LogP contribution in [0.4, 0.5) is 5.82 Å². The Bertz CT molecular complexity index is 259. The first-order valence-corrected chi connectivity index (χ1v) is 5.08. The number of nitrogens with two attached hydrogens (primary N) is 1. The second-order valence-electron chi connectivity index (χ2n) is 3.47. The van der Waals surface area contributed by atoms with Gasteiger partial charge in [0.05, 0.1) is 6.10 Å². The second-order valence-corrected chi connectivity index (χ2v) is 3.47. The highest BCUT2D eigenvalue weighted by atomic mass is 16.5. The van der Waals surface area contributed by atoms with Crippen LogP contribution in [0.15, 0.2) is 6.20 Å². The fraction of sp³-hybridized carbons (Fsp3) is 0.700. The SMILES string of the molecule is CCC(CC)OCn1cc(C)c(N)n1. The molecule has 80 valence electrons. The number of nitrogen functional groups attached to an aromatic ring is 1. The molecule has 0 fully saturated rings. The van der Waals surface area contributed by atoms with Gasteiger partial charge in [-0.3, -0.25) is 0 Å². The Morgan fingerprint density at radius 3 is 2.57 bits per heavy atom. The van der Waals surface area contributed by atoms with Crippen LogP contribution in [0.2, 0.25) is 0 Å². The number of ether oxygens (including phenoxy) is 1. The van der Waals surface area contributed by atoms with Crippen LogP contribution < -0.4 is 5.73 Å². The molecule has 0 amide bonds. The summed E-state index contributed by atoms with van der Waals surface area (Å²) in [6.45, 7) is 6.67. The number of anilines is 1. The van der Waals surface area contributed by atoms with Gasteiger partial charge in [-0.1, -0.05) is 13.8 Å². The predicted octanol–water partition coefficient (Wildman–Crippen LogP) is 1.94. The van der Waals surface area contributed by atoms with E-state index in [0.717, 1.165) is 18.4 Å². The summed E-state index contributed by atoms with van der Waals surface area (Å²) >= 11 is 0. The van der Waals surface area contributed by atoms with Crippen molar-refractivity contribution in [1.29, 1.82) is 0 Å². The van der Waals surface area contributed by atoms with Crippen LogP contribution in [0.5, 0.6) is 0 Å². The Balaban J connectivity index is 2.45. The van der Waals surface area contributed by atoms with Crippen molar-refractivity contribution in [2.24, 2.45) is 0 Å². The van der Waals surface area contributed by atoms with Gasteiger partial charge >= 0.3 is 0 Å². The molecule has 0 unspecified atom stereocenters. The molecule has 0 atom stereocenters. The van der Waals surface area contributed by atoms with Crippen molar-refractivity contribution in [3.8, 4) is 0 Å². The molecule has 0 bridgehead atoms. The van der Waals surface area contributed by atoms with Crippen molar-refractivity contribution in [1.82, 2.24) is 9.78 Å². The highest BCUT2D eigenvalue weighted by Gasteiger charge is 2.05. The van der Waals surface area contributed by atoms with E-state index in [1.807, 2.05) is 13.1 Å². The van der Waals surface area contributed by atoms with Gasteiger partial charge in [-0.05, 0) is 19.8 Å². The molecule has 0 aliphatic heterocycles. The molecule has 0 aliphatic carbocycles. The zero-order chi connectivity index (χ0) is 10.6. The van der Waals surface area contributed by atoms with Gasteiger partial charge in [0.1, 0.15) is 12.5 Å². The molecule has 14 heavy (non-hydrogen) atoms. The number of hydrogen-bond donors (Lipinski definition) is 1. The van der Waals surface area contributed by atoms with Crippen molar-refractivity contribution in [3.05, 3.63) is 11.8 Å². The Morgan fingerprint density at radius 2 is 2.14 bits per heavy atom. The zero-order valence-electron chi connectivity index (χ0n) is 9.16. The number of nitrogens with zero attached hydrogens (tertiary/aromatic N) is 2. The number of aryl methyl sites for hydroxylation is 1. The average molecular weight is 197 g/mol. The monoisotopic (exact) mass is 197 g/mol. The lowest BCUT2D eigenvalue weighted by molar-refractivity contribution is -0.00250. The minimum atomic E-state index is 0.320. The molecular formula is C10H19N3O. The summed E-state index contributed by atoms with van der Waals surface area (Å²) in [6, 6.07) is 0. The van der Waals surface area contributed by atoms with Crippen molar-refractivity contribution < 1.29 is 4.74 Å². The molecule has 0 saturated carbocycles. The van der Waals surface area contributed by atoms with E-state index in [4.69, 9.17) is 10.5 Å². The number of rotatable bonds is 5. The summed E-state index contributed by atoms with van der Waals surface area (Å²) in [6.07, 6.45) is 4.29. The number of aromatic nitrogens is 2. The van der Waals surface area contributed by atoms with Gasteiger partial charge in [-0.15, -0.1) is 0 Å². The second kappa shape index (κ2) is 5.00. The fourth-order valence-electron chi connectivity index (χ4n) is 1.31. The van der Waals surface area contributed by atoms with Crippen LogP contribution in [0.25, 0.3) is 0 Å². The maximum absolute atomic E-state index is 5.64. The quantitative estimate of drug-likeness (QED) is 0.784. The van der Waals surface area contributed by atoms with E-state index in [-0.39, 0.29) is 0 Å². The molecule has 0 aromatic carbocycles. The summed E-state index contributed by atoms with van der Waals surface area (Å²) in [5.74, 6) is 0.582. The smallest absolute Gasteiger partial charge is 0.148 e. The van der Waals surface area contributed by atoms with E-state index < -0.39 is 0 Å². The third-order valence-electron chi connectivity index (χ3n) is 2.34. The van der Waals surface area contributed by atoms with Crippen LogP contribution in [-0.4, -0.2) is 15.9 Å². The first-order valence-electron chi connectivity index (χ1n) is 5.08. The molecule has 1 aromatic heterocycles. The van der Waals surface area contributed by atoms with E-state index in [1.165, 1.54) is 0 Å². The summed E-state index contributed by atoms with van der Waals surface area (Å²) in [4.78, 5) is 0. The minimum Gasteiger partial charge on any atom is -0.382 e. The lowest BCUT2D eigenvalue weighted by atomic mass is 10.2. The molecule has 0 saturated heterocycles. The van der Waals surface area contributed by atoms with E-state index >= 15 is 0 Å². The molecule has 4 nitrogen and oxygen atoms in total. The molecule has 1 heterocycles. The van der Waals surface area contributed by atoms with E-state index in [0.29, 0.717) is 18.7 Å². The number of hydrogen-bond acceptors (Lipinski definition) is 3. The zero-order valence-corrected chi connectivity index (χ0v) is 9.16.